The lowest BCUT2D eigenvalue weighted by Crippen LogP contribution is -2.34. The van der Waals surface area contributed by atoms with Gasteiger partial charge in [-0.1, -0.05) is 34.8 Å². The molecule has 0 aliphatic carbocycles. The smallest absolute Gasteiger partial charge is 0.282 e. The zero-order valence-electron chi connectivity index (χ0n) is 13.7. The van der Waals surface area contributed by atoms with E-state index in [0.717, 1.165) is 9.75 Å². The Kier molecular flexibility index (Phi) is 7.05. The van der Waals surface area contributed by atoms with E-state index in [0.29, 0.717) is 5.02 Å². The van der Waals surface area contributed by atoms with E-state index in [9.17, 15) is 13.6 Å². The third kappa shape index (κ3) is 4.76. The van der Waals surface area contributed by atoms with E-state index in [2.05, 4.69) is 5.10 Å². The fraction of sp³-hybridized carbons (Fsp3) is 0.333. The van der Waals surface area contributed by atoms with E-state index in [-0.39, 0.29) is 34.5 Å². The maximum absolute atomic E-state index is 13.0. The largest absolute Gasteiger partial charge is 0.489 e. The Balaban J connectivity index is 2.07. The molecule has 0 aliphatic rings. The Hall–Kier alpha value is -1.61. The molecule has 6 nitrogen and oxygen atoms in total. The highest BCUT2D eigenvalue weighted by Gasteiger charge is 2.26. The highest BCUT2D eigenvalue weighted by molar-refractivity contribution is 6.40. The molecule has 11 heteroatoms. The minimum atomic E-state index is -2.89. The van der Waals surface area contributed by atoms with Crippen LogP contribution in [0.15, 0.2) is 18.3 Å². The van der Waals surface area contributed by atoms with Gasteiger partial charge in [-0.05, 0) is 12.1 Å². The number of carbonyl (C=O) groups is 1. The molecular weight excluding hydrogens is 415 g/mol. The van der Waals surface area contributed by atoms with Gasteiger partial charge < -0.3 is 4.74 Å². The minimum absolute atomic E-state index is 0.0507. The van der Waals surface area contributed by atoms with Crippen LogP contribution in [0.5, 0.6) is 5.75 Å². The SMILES string of the molecule is CON(CCOc1c(Cl)cc(Cl)cc1Cl)C(=O)c1cn(C)nc1C(F)F. The number of ether oxygens (including phenoxy) is 1. The second-order valence-corrected chi connectivity index (χ2v) is 6.29. The maximum atomic E-state index is 13.0. The highest BCUT2D eigenvalue weighted by Crippen LogP contribution is 2.35. The van der Waals surface area contributed by atoms with Crippen molar-refractivity contribution in [1.29, 1.82) is 0 Å². The lowest BCUT2D eigenvalue weighted by atomic mass is 10.2. The molecule has 0 fully saturated rings. The fourth-order valence-electron chi connectivity index (χ4n) is 2.14. The fourth-order valence-corrected chi connectivity index (χ4v) is 3.07. The summed E-state index contributed by atoms with van der Waals surface area (Å²) in [5.74, 6) is -0.580. The van der Waals surface area contributed by atoms with Crippen molar-refractivity contribution >= 4 is 40.7 Å². The Bertz CT molecular complexity index is 779. The van der Waals surface area contributed by atoms with Gasteiger partial charge in [-0.15, -0.1) is 0 Å². The summed E-state index contributed by atoms with van der Waals surface area (Å²) in [5, 5.41) is 5.21. The summed E-state index contributed by atoms with van der Waals surface area (Å²) in [6.45, 7) is -0.118. The maximum Gasteiger partial charge on any atom is 0.282 e. The van der Waals surface area contributed by atoms with Crippen LogP contribution >= 0.6 is 34.8 Å². The van der Waals surface area contributed by atoms with Crippen molar-refractivity contribution < 1.29 is 23.1 Å². The molecule has 0 saturated carbocycles. The van der Waals surface area contributed by atoms with Gasteiger partial charge in [0.1, 0.15) is 12.3 Å². The van der Waals surface area contributed by atoms with Gasteiger partial charge in [-0.25, -0.2) is 13.8 Å². The Morgan fingerprint density at radius 1 is 1.31 bits per heavy atom. The van der Waals surface area contributed by atoms with Crippen LogP contribution in [-0.4, -0.2) is 41.0 Å². The summed E-state index contributed by atoms with van der Waals surface area (Å²) in [7, 11) is 2.67. The molecule has 0 aliphatic heterocycles. The average Bonchev–Trinajstić information content (AvgIpc) is 2.95. The Morgan fingerprint density at radius 2 is 1.92 bits per heavy atom. The van der Waals surface area contributed by atoms with Crippen molar-refractivity contribution in [3.8, 4) is 5.75 Å². The molecule has 0 spiro atoms. The van der Waals surface area contributed by atoms with Gasteiger partial charge in [-0.2, -0.15) is 5.10 Å². The molecule has 1 amide bonds. The molecule has 1 aromatic carbocycles. The summed E-state index contributed by atoms with van der Waals surface area (Å²) in [4.78, 5) is 17.4. The Labute approximate surface area is 163 Å². The van der Waals surface area contributed by atoms with Gasteiger partial charge in [0, 0.05) is 18.3 Å². The van der Waals surface area contributed by atoms with Crippen LogP contribution in [0.4, 0.5) is 8.78 Å². The Morgan fingerprint density at radius 3 is 2.46 bits per heavy atom. The summed E-state index contributed by atoms with van der Waals surface area (Å²) >= 11 is 17.8. The lowest BCUT2D eigenvalue weighted by molar-refractivity contribution is -0.0996. The van der Waals surface area contributed by atoms with Gasteiger partial charge >= 0.3 is 0 Å². The van der Waals surface area contributed by atoms with E-state index in [4.69, 9.17) is 44.4 Å². The summed E-state index contributed by atoms with van der Waals surface area (Å²) < 4.78 is 32.6. The third-order valence-electron chi connectivity index (χ3n) is 3.25. The van der Waals surface area contributed by atoms with E-state index >= 15 is 0 Å². The number of hydrogen-bond acceptors (Lipinski definition) is 4. The van der Waals surface area contributed by atoms with Gasteiger partial charge in [0.25, 0.3) is 12.3 Å². The summed E-state index contributed by atoms with van der Waals surface area (Å²) in [6, 6.07) is 2.90. The summed E-state index contributed by atoms with van der Waals surface area (Å²) in [6.07, 6.45) is -1.69. The van der Waals surface area contributed by atoms with Gasteiger partial charge in [0.15, 0.2) is 5.75 Å². The van der Waals surface area contributed by atoms with Gasteiger partial charge in [0.2, 0.25) is 0 Å². The first-order valence-corrected chi connectivity index (χ1v) is 8.33. The zero-order chi connectivity index (χ0) is 19.4. The van der Waals surface area contributed by atoms with Crippen molar-refractivity contribution in [2.24, 2.45) is 7.05 Å². The number of rotatable bonds is 7. The zero-order valence-corrected chi connectivity index (χ0v) is 15.9. The molecule has 0 saturated heterocycles. The molecule has 0 N–H and O–H groups in total. The van der Waals surface area contributed by atoms with E-state index in [1.807, 2.05) is 0 Å². The van der Waals surface area contributed by atoms with Gasteiger partial charge in [0.05, 0.1) is 29.3 Å². The van der Waals surface area contributed by atoms with Crippen LogP contribution in [0, 0.1) is 0 Å². The van der Waals surface area contributed by atoms with Gasteiger partial charge in [-0.3, -0.25) is 14.3 Å². The lowest BCUT2D eigenvalue weighted by Gasteiger charge is -2.20. The molecular formula is C15H14Cl3F2N3O3. The predicted molar refractivity (Wildman–Crippen MR) is 93.2 cm³/mol. The van der Waals surface area contributed by atoms with E-state index in [1.54, 1.807) is 0 Å². The number of alkyl halides is 2. The normalized spacial score (nSPS) is 11.1. The van der Waals surface area contributed by atoms with E-state index < -0.39 is 18.0 Å². The number of aromatic nitrogens is 2. The number of amides is 1. The molecule has 26 heavy (non-hydrogen) atoms. The van der Waals surface area contributed by atoms with Crippen molar-refractivity contribution in [2.45, 2.75) is 6.43 Å². The molecule has 2 rings (SSSR count). The number of nitrogens with zero attached hydrogens (tertiary/aromatic N) is 3. The average molecular weight is 429 g/mol. The number of halogens is 5. The molecule has 2 aromatic rings. The van der Waals surface area contributed by atoms with Crippen LogP contribution in [0.25, 0.3) is 0 Å². The number of aryl methyl sites for hydroxylation is 1. The third-order valence-corrected chi connectivity index (χ3v) is 4.02. The highest BCUT2D eigenvalue weighted by atomic mass is 35.5. The summed E-state index contributed by atoms with van der Waals surface area (Å²) in [5.41, 5.74) is -0.879. The number of hydrogen-bond donors (Lipinski definition) is 0. The molecule has 0 radical (unpaired) electrons. The van der Waals surface area contributed by atoms with Crippen molar-refractivity contribution in [3.05, 3.63) is 44.7 Å². The number of benzene rings is 1. The monoisotopic (exact) mass is 427 g/mol. The topological polar surface area (TPSA) is 56.6 Å². The first-order valence-electron chi connectivity index (χ1n) is 7.19. The van der Waals surface area contributed by atoms with E-state index in [1.165, 1.54) is 32.5 Å². The number of hydroxylamine groups is 2. The second-order valence-electron chi connectivity index (χ2n) is 5.04. The van der Waals surface area contributed by atoms with Crippen LogP contribution in [0.1, 0.15) is 22.5 Å². The minimum Gasteiger partial charge on any atom is -0.489 e. The van der Waals surface area contributed by atoms with Crippen LogP contribution in [-0.2, 0) is 11.9 Å². The van der Waals surface area contributed by atoms with Crippen molar-refractivity contribution in [3.63, 3.8) is 0 Å². The van der Waals surface area contributed by atoms with Crippen molar-refractivity contribution in [1.82, 2.24) is 14.8 Å². The number of carbonyl (C=O) groups excluding carboxylic acids is 1. The molecule has 0 unspecified atom stereocenters. The van der Waals surface area contributed by atoms with Crippen LogP contribution < -0.4 is 4.74 Å². The molecule has 1 heterocycles. The first-order chi connectivity index (χ1) is 12.2. The standard InChI is InChI=1S/C15H14Cl3F2N3O3/c1-22-7-9(12(21-22)14(19)20)15(24)23(25-2)3-4-26-13-10(17)5-8(16)6-11(13)18/h5-7,14H,3-4H2,1-2H3. The van der Waals surface area contributed by atoms with Crippen LogP contribution in [0.3, 0.4) is 0 Å². The quantitative estimate of drug-likeness (QED) is 0.613. The van der Waals surface area contributed by atoms with Crippen molar-refractivity contribution in [2.75, 3.05) is 20.3 Å². The predicted octanol–water partition coefficient (Wildman–Crippen LogP) is 4.40. The molecule has 142 valence electrons. The molecule has 1 aromatic heterocycles. The van der Waals surface area contributed by atoms with Crippen LogP contribution in [0.2, 0.25) is 15.1 Å². The first kappa shape index (κ1) is 20.7. The molecule has 0 atom stereocenters. The second kappa shape index (κ2) is 8.85. The molecule has 0 bridgehead atoms.